The Balaban J connectivity index is 2.98. The molecule has 2 nitrogen and oxygen atoms in total. The average molecular weight is 148 g/mol. The van der Waals surface area contributed by atoms with E-state index in [-0.39, 0.29) is 0 Å². The number of benzene rings is 1. The Morgan fingerprint density at radius 2 is 2.09 bits per heavy atom. The van der Waals surface area contributed by atoms with Crippen molar-refractivity contribution in [2.24, 2.45) is 5.10 Å². The van der Waals surface area contributed by atoms with Gasteiger partial charge in [0.1, 0.15) is 0 Å². The fourth-order valence-electron chi connectivity index (χ4n) is 1.02. The van der Waals surface area contributed by atoms with Crippen molar-refractivity contribution < 1.29 is 0 Å². The van der Waals surface area contributed by atoms with E-state index >= 15 is 0 Å². The number of nitrogens with one attached hydrogen (secondary N) is 1. The van der Waals surface area contributed by atoms with Gasteiger partial charge in [-0.3, -0.25) is 5.43 Å². The molecule has 0 bridgehead atoms. The summed E-state index contributed by atoms with van der Waals surface area (Å²) in [6.45, 7) is 7.47. The zero-order valence-electron chi connectivity index (χ0n) is 6.89. The Labute approximate surface area is 66.9 Å². The minimum absolute atomic E-state index is 1.02. The summed E-state index contributed by atoms with van der Waals surface area (Å²) in [5, 5.41) is 3.60. The van der Waals surface area contributed by atoms with Crippen LogP contribution in [0.5, 0.6) is 0 Å². The van der Waals surface area contributed by atoms with Crippen molar-refractivity contribution in [3.8, 4) is 0 Å². The lowest BCUT2D eigenvalue weighted by Crippen LogP contribution is -1.90. The highest BCUT2D eigenvalue weighted by Gasteiger charge is 1.94. The molecule has 2 heteroatoms. The number of anilines is 1. The van der Waals surface area contributed by atoms with Gasteiger partial charge in [-0.1, -0.05) is 17.7 Å². The summed E-state index contributed by atoms with van der Waals surface area (Å²) in [5.74, 6) is 0. The molecule has 0 unspecified atom stereocenters. The Kier molecular flexibility index (Phi) is 2.26. The average Bonchev–Trinajstić information content (AvgIpc) is 1.95. The lowest BCUT2D eigenvalue weighted by molar-refractivity contribution is 1.30. The summed E-state index contributed by atoms with van der Waals surface area (Å²) >= 11 is 0. The highest BCUT2D eigenvalue weighted by Crippen LogP contribution is 2.15. The van der Waals surface area contributed by atoms with Crippen molar-refractivity contribution in [2.45, 2.75) is 13.8 Å². The molecule has 0 amide bonds. The maximum atomic E-state index is 3.60. The SMILES string of the molecule is C=NNc1ccc(C)cc1C. The predicted octanol–water partition coefficient (Wildman–Crippen LogP) is 2.33. The molecule has 11 heavy (non-hydrogen) atoms. The van der Waals surface area contributed by atoms with Gasteiger partial charge < -0.3 is 0 Å². The summed E-state index contributed by atoms with van der Waals surface area (Å²) in [6.07, 6.45) is 0. The van der Waals surface area contributed by atoms with Crippen LogP contribution in [0.15, 0.2) is 23.3 Å². The molecule has 0 aliphatic heterocycles. The van der Waals surface area contributed by atoms with Gasteiger partial charge in [0.2, 0.25) is 0 Å². The van der Waals surface area contributed by atoms with Crippen LogP contribution >= 0.6 is 0 Å². The monoisotopic (exact) mass is 148 g/mol. The third-order valence-electron chi connectivity index (χ3n) is 1.58. The summed E-state index contributed by atoms with van der Waals surface area (Å²) in [5.41, 5.74) is 6.29. The topological polar surface area (TPSA) is 24.4 Å². The molecular formula is C9H12N2. The normalized spacial score (nSPS) is 9.27. The van der Waals surface area contributed by atoms with Crippen LogP contribution in [0.3, 0.4) is 0 Å². The molecule has 0 fully saturated rings. The first-order valence-electron chi connectivity index (χ1n) is 3.53. The van der Waals surface area contributed by atoms with Crippen LogP contribution in [-0.2, 0) is 0 Å². The maximum Gasteiger partial charge on any atom is 0.0590 e. The summed E-state index contributed by atoms with van der Waals surface area (Å²) in [6, 6.07) is 6.15. The van der Waals surface area contributed by atoms with E-state index in [0.717, 1.165) is 5.69 Å². The molecule has 58 valence electrons. The van der Waals surface area contributed by atoms with Gasteiger partial charge in [-0.05, 0) is 25.5 Å². The van der Waals surface area contributed by atoms with E-state index in [1.807, 2.05) is 19.1 Å². The van der Waals surface area contributed by atoms with E-state index in [0.29, 0.717) is 0 Å². The van der Waals surface area contributed by atoms with E-state index in [1.165, 1.54) is 11.1 Å². The van der Waals surface area contributed by atoms with Crippen LogP contribution in [0, 0.1) is 13.8 Å². The van der Waals surface area contributed by atoms with E-state index < -0.39 is 0 Å². The Bertz CT molecular complexity index is 266. The molecule has 1 aromatic rings. The molecule has 0 atom stereocenters. The van der Waals surface area contributed by atoms with Gasteiger partial charge in [0.15, 0.2) is 0 Å². The minimum Gasteiger partial charge on any atom is -0.279 e. The second-order valence-electron chi connectivity index (χ2n) is 2.59. The largest absolute Gasteiger partial charge is 0.279 e. The summed E-state index contributed by atoms with van der Waals surface area (Å²) in [4.78, 5) is 0. The maximum absolute atomic E-state index is 3.60. The third-order valence-corrected chi connectivity index (χ3v) is 1.58. The van der Waals surface area contributed by atoms with Crippen molar-refractivity contribution in [3.05, 3.63) is 29.3 Å². The fourth-order valence-corrected chi connectivity index (χ4v) is 1.02. The molecule has 0 saturated carbocycles. The van der Waals surface area contributed by atoms with Crippen LogP contribution in [0.1, 0.15) is 11.1 Å². The van der Waals surface area contributed by atoms with Crippen molar-refractivity contribution >= 4 is 12.4 Å². The lowest BCUT2D eigenvalue weighted by Gasteiger charge is -2.04. The first-order valence-corrected chi connectivity index (χ1v) is 3.53. The third kappa shape index (κ3) is 1.80. The van der Waals surface area contributed by atoms with Crippen molar-refractivity contribution in [1.82, 2.24) is 0 Å². The Morgan fingerprint density at radius 3 is 2.64 bits per heavy atom. The summed E-state index contributed by atoms with van der Waals surface area (Å²) < 4.78 is 0. The number of hydrogen-bond donors (Lipinski definition) is 1. The van der Waals surface area contributed by atoms with Crippen molar-refractivity contribution in [2.75, 3.05) is 5.43 Å². The van der Waals surface area contributed by atoms with E-state index in [4.69, 9.17) is 0 Å². The molecule has 0 aromatic heterocycles. The molecule has 0 radical (unpaired) electrons. The van der Waals surface area contributed by atoms with Crippen LogP contribution in [0.25, 0.3) is 0 Å². The smallest absolute Gasteiger partial charge is 0.0590 e. The van der Waals surface area contributed by atoms with E-state index in [9.17, 15) is 0 Å². The van der Waals surface area contributed by atoms with Crippen molar-refractivity contribution in [1.29, 1.82) is 0 Å². The lowest BCUT2D eigenvalue weighted by atomic mass is 10.1. The predicted molar refractivity (Wildman–Crippen MR) is 49.1 cm³/mol. The molecule has 1 rings (SSSR count). The molecule has 1 N–H and O–H groups in total. The zero-order chi connectivity index (χ0) is 8.27. The molecular weight excluding hydrogens is 136 g/mol. The number of hydrogen-bond acceptors (Lipinski definition) is 2. The molecule has 0 saturated heterocycles. The highest BCUT2D eigenvalue weighted by molar-refractivity contribution is 5.52. The second kappa shape index (κ2) is 3.19. The van der Waals surface area contributed by atoms with Crippen LogP contribution in [0.2, 0.25) is 0 Å². The van der Waals surface area contributed by atoms with Crippen LogP contribution < -0.4 is 5.43 Å². The van der Waals surface area contributed by atoms with E-state index in [2.05, 4.69) is 30.2 Å². The molecule has 0 heterocycles. The zero-order valence-corrected chi connectivity index (χ0v) is 6.89. The van der Waals surface area contributed by atoms with Crippen LogP contribution in [-0.4, -0.2) is 6.72 Å². The first-order chi connectivity index (χ1) is 5.24. The van der Waals surface area contributed by atoms with Gasteiger partial charge in [-0.25, -0.2) is 0 Å². The van der Waals surface area contributed by atoms with Gasteiger partial charge in [-0.2, -0.15) is 5.10 Å². The van der Waals surface area contributed by atoms with Gasteiger partial charge in [0.05, 0.1) is 5.69 Å². The van der Waals surface area contributed by atoms with E-state index in [1.54, 1.807) is 0 Å². The first kappa shape index (κ1) is 7.79. The standard InChI is InChI=1S/C9H12N2/c1-7-4-5-9(11-10-3)8(2)6-7/h4-6,11H,3H2,1-2H3. The van der Waals surface area contributed by atoms with Gasteiger partial charge in [0, 0.05) is 6.72 Å². The Hall–Kier alpha value is -1.31. The quantitative estimate of drug-likeness (QED) is 0.505. The molecule has 0 aliphatic carbocycles. The van der Waals surface area contributed by atoms with Crippen LogP contribution in [0.4, 0.5) is 5.69 Å². The number of aryl methyl sites for hydroxylation is 2. The second-order valence-corrected chi connectivity index (χ2v) is 2.59. The van der Waals surface area contributed by atoms with Gasteiger partial charge in [0.25, 0.3) is 0 Å². The Morgan fingerprint density at radius 1 is 1.36 bits per heavy atom. The van der Waals surface area contributed by atoms with Gasteiger partial charge >= 0.3 is 0 Å². The fraction of sp³-hybridized carbons (Fsp3) is 0.222. The minimum atomic E-state index is 1.02. The summed E-state index contributed by atoms with van der Waals surface area (Å²) in [7, 11) is 0. The highest BCUT2D eigenvalue weighted by atomic mass is 15.3. The number of rotatable bonds is 2. The number of hydrazone groups is 1. The number of nitrogens with zero attached hydrogens (tertiary/aromatic N) is 1. The van der Waals surface area contributed by atoms with Gasteiger partial charge in [-0.15, -0.1) is 0 Å². The molecule has 1 aromatic carbocycles. The van der Waals surface area contributed by atoms with Crippen molar-refractivity contribution in [3.63, 3.8) is 0 Å². The molecule has 0 spiro atoms. The molecule has 0 aliphatic rings.